The highest BCUT2D eigenvalue weighted by molar-refractivity contribution is 5.80. The van der Waals surface area contributed by atoms with Crippen molar-refractivity contribution in [3.8, 4) is 0 Å². The number of nitrogens with two attached hydrogens (primary N) is 1. The van der Waals surface area contributed by atoms with E-state index >= 15 is 0 Å². The Balaban J connectivity index is 2.09. The van der Waals surface area contributed by atoms with Crippen molar-refractivity contribution in [2.24, 2.45) is 5.73 Å². The second-order valence-electron chi connectivity index (χ2n) is 4.54. The fourth-order valence-electron chi connectivity index (χ4n) is 2.34. The van der Waals surface area contributed by atoms with Crippen LogP contribution < -0.4 is 5.73 Å². The van der Waals surface area contributed by atoms with E-state index in [0.29, 0.717) is 6.54 Å². The van der Waals surface area contributed by atoms with Crippen LogP contribution in [0, 0.1) is 0 Å². The van der Waals surface area contributed by atoms with Gasteiger partial charge in [-0.2, -0.15) is 0 Å². The number of rotatable bonds is 4. The van der Waals surface area contributed by atoms with Gasteiger partial charge in [0, 0.05) is 31.4 Å². The number of carbonyl (C=O) groups excluding carboxylic acids is 1. The number of likely N-dealkylation sites (tertiary alicyclic amines) is 1. The average Bonchev–Trinajstić information content (AvgIpc) is 2.98. The molecule has 0 aliphatic carbocycles. The van der Waals surface area contributed by atoms with Crippen LogP contribution in [0.5, 0.6) is 0 Å². The molecule has 2 rings (SSSR count). The normalized spacial score (nSPS) is 17.4. The molecule has 0 bridgehead atoms. The Morgan fingerprint density at radius 3 is 2.88 bits per heavy atom. The fourth-order valence-corrected chi connectivity index (χ4v) is 2.34. The summed E-state index contributed by atoms with van der Waals surface area (Å²) in [6.45, 7) is 4.30. The van der Waals surface area contributed by atoms with Gasteiger partial charge in [-0.3, -0.25) is 4.79 Å². The van der Waals surface area contributed by atoms with Crippen LogP contribution in [0.1, 0.15) is 31.5 Å². The summed E-state index contributed by atoms with van der Waals surface area (Å²) in [7, 11) is 0. The van der Waals surface area contributed by atoms with Crippen LogP contribution in [-0.2, 0) is 11.2 Å². The minimum Gasteiger partial charge on any atom is -0.341 e. The van der Waals surface area contributed by atoms with Crippen LogP contribution in [0.4, 0.5) is 0 Å². The SMILES string of the molecule is CC(C(=O)N1CCCC1)n1cncc1CCN. The molecule has 1 aliphatic heterocycles. The largest absolute Gasteiger partial charge is 0.341 e. The van der Waals surface area contributed by atoms with Crippen molar-refractivity contribution in [2.75, 3.05) is 19.6 Å². The summed E-state index contributed by atoms with van der Waals surface area (Å²) in [6.07, 6.45) is 6.53. The smallest absolute Gasteiger partial charge is 0.245 e. The van der Waals surface area contributed by atoms with Gasteiger partial charge in [-0.25, -0.2) is 4.98 Å². The van der Waals surface area contributed by atoms with Gasteiger partial charge in [-0.15, -0.1) is 0 Å². The summed E-state index contributed by atoms with van der Waals surface area (Å²) >= 11 is 0. The molecule has 1 fully saturated rings. The summed E-state index contributed by atoms with van der Waals surface area (Å²) in [5.41, 5.74) is 6.59. The molecule has 5 heteroatoms. The number of carbonyl (C=O) groups is 1. The molecule has 1 unspecified atom stereocenters. The first-order chi connectivity index (χ1) is 8.24. The molecule has 5 nitrogen and oxygen atoms in total. The highest BCUT2D eigenvalue weighted by Crippen LogP contribution is 2.17. The van der Waals surface area contributed by atoms with Crippen molar-refractivity contribution < 1.29 is 4.79 Å². The molecule has 17 heavy (non-hydrogen) atoms. The maximum Gasteiger partial charge on any atom is 0.245 e. The zero-order chi connectivity index (χ0) is 12.3. The summed E-state index contributed by atoms with van der Waals surface area (Å²) in [5, 5.41) is 0. The van der Waals surface area contributed by atoms with Gasteiger partial charge in [-0.05, 0) is 26.3 Å². The van der Waals surface area contributed by atoms with Gasteiger partial charge < -0.3 is 15.2 Å². The van der Waals surface area contributed by atoms with Gasteiger partial charge in [0.25, 0.3) is 0 Å². The standard InChI is InChI=1S/C12H20N4O/c1-10(12(17)15-6-2-3-7-15)16-9-14-8-11(16)4-5-13/h8-10H,2-7,13H2,1H3. The van der Waals surface area contributed by atoms with Crippen molar-refractivity contribution >= 4 is 5.91 Å². The van der Waals surface area contributed by atoms with E-state index in [1.165, 1.54) is 0 Å². The fraction of sp³-hybridized carbons (Fsp3) is 0.667. The minimum atomic E-state index is -0.169. The Labute approximate surface area is 102 Å². The van der Waals surface area contributed by atoms with Crippen LogP contribution in [-0.4, -0.2) is 40.0 Å². The van der Waals surface area contributed by atoms with Gasteiger partial charge in [0.05, 0.1) is 6.33 Å². The van der Waals surface area contributed by atoms with E-state index in [0.717, 1.165) is 38.0 Å². The molecule has 1 aliphatic rings. The third-order valence-electron chi connectivity index (χ3n) is 3.34. The highest BCUT2D eigenvalue weighted by Gasteiger charge is 2.25. The molecular weight excluding hydrogens is 216 g/mol. The van der Waals surface area contributed by atoms with Gasteiger partial charge in [-0.1, -0.05) is 0 Å². The first kappa shape index (κ1) is 12.1. The quantitative estimate of drug-likeness (QED) is 0.831. The Hall–Kier alpha value is -1.36. The third kappa shape index (κ3) is 2.49. The molecular formula is C12H20N4O. The summed E-state index contributed by atoms with van der Waals surface area (Å²) in [4.78, 5) is 18.3. The second kappa shape index (κ2) is 5.31. The minimum absolute atomic E-state index is 0.169. The van der Waals surface area contributed by atoms with Crippen molar-refractivity contribution in [3.63, 3.8) is 0 Å². The van der Waals surface area contributed by atoms with Crippen molar-refractivity contribution in [2.45, 2.75) is 32.2 Å². The van der Waals surface area contributed by atoms with Crippen LogP contribution in [0.3, 0.4) is 0 Å². The van der Waals surface area contributed by atoms with Crippen molar-refractivity contribution in [1.29, 1.82) is 0 Å². The molecule has 94 valence electrons. The number of imidazole rings is 1. The summed E-state index contributed by atoms with van der Waals surface area (Å²) in [5.74, 6) is 0.193. The molecule has 1 saturated heterocycles. The van der Waals surface area contributed by atoms with Crippen LogP contribution in [0.15, 0.2) is 12.5 Å². The molecule has 1 amide bonds. The van der Waals surface area contributed by atoms with E-state index in [1.807, 2.05) is 16.4 Å². The number of nitrogens with zero attached hydrogens (tertiary/aromatic N) is 3. The van der Waals surface area contributed by atoms with Gasteiger partial charge in [0.2, 0.25) is 5.91 Å². The molecule has 1 atom stereocenters. The first-order valence-corrected chi connectivity index (χ1v) is 6.23. The molecule has 1 aromatic heterocycles. The molecule has 0 saturated carbocycles. The number of hydrogen-bond donors (Lipinski definition) is 1. The lowest BCUT2D eigenvalue weighted by molar-refractivity contribution is -0.133. The molecule has 2 heterocycles. The molecule has 0 aromatic carbocycles. The Morgan fingerprint density at radius 1 is 1.53 bits per heavy atom. The van der Waals surface area contributed by atoms with Crippen LogP contribution >= 0.6 is 0 Å². The zero-order valence-corrected chi connectivity index (χ0v) is 10.3. The number of amides is 1. The second-order valence-corrected chi connectivity index (χ2v) is 4.54. The maximum absolute atomic E-state index is 12.2. The average molecular weight is 236 g/mol. The highest BCUT2D eigenvalue weighted by atomic mass is 16.2. The predicted octanol–water partition coefficient (Wildman–Crippen LogP) is 0.568. The lowest BCUT2D eigenvalue weighted by Gasteiger charge is -2.22. The van der Waals surface area contributed by atoms with E-state index in [4.69, 9.17) is 5.73 Å². The molecule has 0 spiro atoms. The van der Waals surface area contributed by atoms with Gasteiger partial charge >= 0.3 is 0 Å². The Kier molecular flexibility index (Phi) is 3.78. The Morgan fingerprint density at radius 2 is 2.24 bits per heavy atom. The van der Waals surface area contributed by atoms with Crippen LogP contribution in [0.25, 0.3) is 0 Å². The molecule has 0 radical (unpaired) electrons. The van der Waals surface area contributed by atoms with E-state index < -0.39 is 0 Å². The predicted molar refractivity (Wildman–Crippen MR) is 65.5 cm³/mol. The van der Waals surface area contributed by atoms with E-state index in [2.05, 4.69) is 4.98 Å². The maximum atomic E-state index is 12.2. The van der Waals surface area contributed by atoms with Crippen molar-refractivity contribution in [3.05, 3.63) is 18.2 Å². The zero-order valence-electron chi connectivity index (χ0n) is 10.3. The monoisotopic (exact) mass is 236 g/mol. The lowest BCUT2D eigenvalue weighted by atomic mass is 10.2. The summed E-state index contributed by atoms with van der Waals surface area (Å²) < 4.78 is 1.94. The number of hydrogen-bond acceptors (Lipinski definition) is 3. The van der Waals surface area contributed by atoms with E-state index in [9.17, 15) is 4.79 Å². The van der Waals surface area contributed by atoms with Gasteiger partial charge in [0.15, 0.2) is 0 Å². The molecule has 2 N–H and O–H groups in total. The third-order valence-corrected chi connectivity index (χ3v) is 3.34. The first-order valence-electron chi connectivity index (χ1n) is 6.23. The summed E-state index contributed by atoms with van der Waals surface area (Å²) in [6, 6.07) is -0.169. The van der Waals surface area contributed by atoms with E-state index in [-0.39, 0.29) is 11.9 Å². The van der Waals surface area contributed by atoms with Gasteiger partial charge in [0.1, 0.15) is 6.04 Å². The Bertz CT molecular complexity index is 382. The van der Waals surface area contributed by atoms with E-state index in [1.54, 1.807) is 12.5 Å². The topological polar surface area (TPSA) is 64.2 Å². The van der Waals surface area contributed by atoms with Crippen molar-refractivity contribution in [1.82, 2.24) is 14.5 Å². The number of aromatic nitrogens is 2. The lowest BCUT2D eigenvalue weighted by Crippen LogP contribution is -2.34. The van der Waals surface area contributed by atoms with Crippen LogP contribution in [0.2, 0.25) is 0 Å². The molecule has 1 aromatic rings.